The number of hydrogen-bond acceptors (Lipinski definition) is 4. The van der Waals surface area contributed by atoms with E-state index in [0.29, 0.717) is 12.6 Å². The minimum Gasteiger partial charge on any atom is -0.445 e. The van der Waals surface area contributed by atoms with E-state index in [-0.39, 0.29) is 12.1 Å². The number of rotatable bonds is 8. The lowest BCUT2D eigenvalue weighted by atomic mass is 9.87. The van der Waals surface area contributed by atoms with E-state index >= 15 is 0 Å². The zero-order valence-corrected chi connectivity index (χ0v) is 13.8. The second-order valence-corrected chi connectivity index (χ2v) is 6.74. The van der Waals surface area contributed by atoms with Crippen molar-refractivity contribution in [3.05, 3.63) is 35.9 Å². The summed E-state index contributed by atoms with van der Waals surface area (Å²) in [4.78, 5) is 14.2. The van der Waals surface area contributed by atoms with Crippen LogP contribution in [0.2, 0.25) is 0 Å². The van der Waals surface area contributed by atoms with Crippen LogP contribution >= 0.6 is 0 Å². The van der Waals surface area contributed by atoms with Gasteiger partial charge in [-0.2, -0.15) is 0 Å². The van der Waals surface area contributed by atoms with Gasteiger partial charge in [0.05, 0.1) is 0 Å². The normalized spacial score (nSPS) is 23.4. The predicted octanol–water partition coefficient (Wildman–Crippen LogP) is 2.13. The van der Waals surface area contributed by atoms with Crippen LogP contribution in [-0.4, -0.2) is 49.3 Å². The predicted molar refractivity (Wildman–Crippen MR) is 90.2 cm³/mol. The van der Waals surface area contributed by atoms with Crippen molar-refractivity contribution < 1.29 is 9.53 Å². The standard InChI is InChI=1S/C18H27N3O2/c1-21(17-7-8-17)10-9-19-15-11-16(12-15)20-18(22)23-13-14-5-3-2-4-6-14/h2-6,15-17,19H,7-13H2,1H3,(H,20,22). The molecule has 2 aliphatic rings. The molecule has 1 amide bonds. The maximum atomic E-state index is 11.8. The number of carbonyl (C=O) groups is 1. The zero-order chi connectivity index (χ0) is 16.1. The first-order valence-electron chi connectivity index (χ1n) is 8.61. The van der Waals surface area contributed by atoms with Crippen LogP contribution in [0.25, 0.3) is 0 Å². The third-order valence-corrected chi connectivity index (χ3v) is 4.74. The number of benzene rings is 1. The van der Waals surface area contributed by atoms with Gasteiger partial charge in [0.15, 0.2) is 0 Å². The summed E-state index contributed by atoms with van der Waals surface area (Å²) in [6.07, 6.45) is 4.39. The minimum atomic E-state index is -0.314. The van der Waals surface area contributed by atoms with Crippen LogP contribution in [0.15, 0.2) is 30.3 Å². The van der Waals surface area contributed by atoms with Crippen molar-refractivity contribution in [2.45, 2.75) is 50.4 Å². The molecule has 0 spiro atoms. The smallest absolute Gasteiger partial charge is 0.407 e. The number of nitrogens with zero attached hydrogens (tertiary/aromatic N) is 1. The summed E-state index contributed by atoms with van der Waals surface area (Å²) >= 11 is 0. The van der Waals surface area contributed by atoms with Crippen molar-refractivity contribution in [3.8, 4) is 0 Å². The summed E-state index contributed by atoms with van der Waals surface area (Å²) < 4.78 is 5.24. The Labute approximate surface area is 138 Å². The highest BCUT2D eigenvalue weighted by Crippen LogP contribution is 2.25. The zero-order valence-electron chi connectivity index (χ0n) is 13.8. The van der Waals surface area contributed by atoms with Crippen molar-refractivity contribution in [2.24, 2.45) is 0 Å². The molecule has 126 valence electrons. The van der Waals surface area contributed by atoms with Crippen molar-refractivity contribution in [1.29, 1.82) is 0 Å². The van der Waals surface area contributed by atoms with E-state index in [2.05, 4.69) is 22.6 Å². The van der Waals surface area contributed by atoms with E-state index in [9.17, 15) is 4.79 Å². The number of ether oxygens (including phenoxy) is 1. The van der Waals surface area contributed by atoms with Crippen molar-refractivity contribution in [2.75, 3.05) is 20.1 Å². The SMILES string of the molecule is CN(CCNC1CC(NC(=O)OCc2ccccc2)C1)C1CC1. The van der Waals surface area contributed by atoms with Crippen LogP contribution in [0.5, 0.6) is 0 Å². The highest BCUT2D eigenvalue weighted by Gasteiger charge is 2.31. The molecule has 2 aliphatic carbocycles. The Balaban J connectivity index is 1.23. The van der Waals surface area contributed by atoms with Crippen molar-refractivity contribution in [1.82, 2.24) is 15.5 Å². The average Bonchev–Trinajstić information content (AvgIpc) is 3.36. The van der Waals surface area contributed by atoms with Gasteiger partial charge in [-0.1, -0.05) is 30.3 Å². The van der Waals surface area contributed by atoms with Crippen molar-refractivity contribution >= 4 is 6.09 Å². The molecule has 0 aromatic heterocycles. The second kappa shape index (κ2) is 7.79. The van der Waals surface area contributed by atoms with E-state index in [1.165, 1.54) is 12.8 Å². The van der Waals surface area contributed by atoms with Crippen LogP contribution in [0.4, 0.5) is 4.79 Å². The van der Waals surface area contributed by atoms with Gasteiger partial charge in [0.1, 0.15) is 6.61 Å². The molecule has 0 bridgehead atoms. The molecule has 2 N–H and O–H groups in total. The molecule has 1 aromatic rings. The molecule has 0 aliphatic heterocycles. The maximum Gasteiger partial charge on any atom is 0.407 e. The number of alkyl carbamates (subject to hydrolysis) is 1. The molecule has 5 heteroatoms. The Morgan fingerprint density at radius 1 is 1.22 bits per heavy atom. The number of carbonyl (C=O) groups excluding carboxylic acids is 1. The molecule has 0 heterocycles. The van der Waals surface area contributed by atoms with Gasteiger partial charge in [-0.15, -0.1) is 0 Å². The minimum absolute atomic E-state index is 0.247. The van der Waals surface area contributed by atoms with Crippen LogP contribution in [0.1, 0.15) is 31.2 Å². The molecule has 1 aromatic carbocycles. The fourth-order valence-electron chi connectivity index (χ4n) is 2.98. The van der Waals surface area contributed by atoms with Gasteiger partial charge in [-0.3, -0.25) is 0 Å². The fraction of sp³-hybridized carbons (Fsp3) is 0.611. The van der Waals surface area contributed by atoms with Gasteiger partial charge in [-0.05, 0) is 38.3 Å². The molecular formula is C18H27N3O2. The highest BCUT2D eigenvalue weighted by atomic mass is 16.5. The van der Waals surface area contributed by atoms with Gasteiger partial charge in [-0.25, -0.2) is 4.79 Å². The van der Waals surface area contributed by atoms with E-state index < -0.39 is 0 Å². The summed E-state index contributed by atoms with van der Waals surface area (Å²) in [5, 5.41) is 6.49. The van der Waals surface area contributed by atoms with E-state index in [1.807, 2.05) is 30.3 Å². The lowest BCUT2D eigenvalue weighted by Gasteiger charge is -2.36. The van der Waals surface area contributed by atoms with Gasteiger partial charge in [0.2, 0.25) is 0 Å². The number of nitrogens with one attached hydrogen (secondary N) is 2. The van der Waals surface area contributed by atoms with Gasteiger partial charge in [0.25, 0.3) is 0 Å². The molecular weight excluding hydrogens is 290 g/mol. The monoisotopic (exact) mass is 317 g/mol. The Bertz CT molecular complexity index is 498. The lowest BCUT2D eigenvalue weighted by molar-refractivity contribution is 0.125. The molecule has 0 radical (unpaired) electrons. The second-order valence-electron chi connectivity index (χ2n) is 6.74. The Hall–Kier alpha value is -1.59. The third kappa shape index (κ3) is 5.22. The molecule has 23 heavy (non-hydrogen) atoms. The molecule has 0 saturated heterocycles. The first-order chi connectivity index (χ1) is 11.2. The van der Waals surface area contributed by atoms with E-state index in [0.717, 1.165) is 37.5 Å². The van der Waals surface area contributed by atoms with E-state index in [4.69, 9.17) is 4.74 Å². The van der Waals surface area contributed by atoms with E-state index in [1.54, 1.807) is 0 Å². The largest absolute Gasteiger partial charge is 0.445 e. The van der Waals surface area contributed by atoms with Crippen LogP contribution in [0.3, 0.4) is 0 Å². The Morgan fingerprint density at radius 3 is 2.65 bits per heavy atom. The third-order valence-electron chi connectivity index (χ3n) is 4.74. The highest BCUT2D eigenvalue weighted by molar-refractivity contribution is 5.67. The maximum absolute atomic E-state index is 11.8. The number of likely N-dealkylation sites (N-methyl/N-ethyl adjacent to an activating group) is 1. The van der Waals surface area contributed by atoms with Gasteiger partial charge >= 0.3 is 6.09 Å². The number of hydrogen-bond donors (Lipinski definition) is 2. The fourth-order valence-corrected chi connectivity index (χ4v) is 2.98. The molecule has 2 fully saturated rings. The summed E-state index contributed by atoms with van der Waals surface area (Å²) in [5.41, 5.74) is 1.01. The summed E-state index contributed by atoms with van der Waals surface area (Å²) in [5.74, 6) is 0. The Kier molecular flexibility index (Phi) is 5.51. The molecule has 3 rings (SSSR count). The van der Waals surface area contributed by atoms with Crippen LogP contribution in [-0.2, 0) is 11.3 Å². The quantitative estimate of drug-likeness (QED) is 0.771. The van der Waals surface area contributed by atoms with Gasteiger partial charge < -0.3 is 20.3 Å². The lowest BCUT2D eigenvalue weighted by Crippen LogP contribution is -2.53. The molecule has 0 unspecified atom stereocenters. The summed E-state index contributed by atoms with van der Waals surface area (Å²) in [6, 6.07) is 11.3. The average molecular weight is 317 g/mol. The molecule has 5 nitrogen and oxygen atoms in total. The Morgan fingerprint density at radius 2 is 1.96 bits per heavy atom. The van der Waals surface area contributed by atoms with Crippen molar-refractivity contribution in [3.63, 3.8) is 0 Å². The van der Waals surface area contributed by atoms with Crippen LogP contribution in [0, 0.1) is 0 Å². The summed E-state index contributed by atoms with van der Waals surface area (Å²) in [6.45, 7) is 2.47. The van der Waals surface area contributed by atoms with Crippen LogP contribution < -0.4 is 10.6 Å². The topological polar surface area (TPSA) is 53.6 Å². The summed E-state index contributed by atoms with van der Waals surface area (Å²) in [7, 11) is 2.20. The molecule has 2 saturated carbocycles. The number of amides is 1. The van der Waals surface area contributed by atoms with Gasteiger partial charge in [0, 0.05) is 31.2 Å². The molecule has 0 atom stereocenters. The first-order valence-corrected chi connectivity index (χ1v) is 8.61. The first kappa shape index (κ1) is 16.3.